The van der Waals surface area contributed by atoms with Crippen LogP contribution in [-0.2, 0) is 6.54 Å². The molecule has 4 nitrogen and oxygen atoms in total. The first kappa shape index (κ1) is 15.4. The van der Waals surface area contributed by atoms with E-state index in [1.54, 1.807) is 0 Å². The first-order valence-electron chi connectivity index (χ1n) is 6.44. The lowest BCUT2D eigenvalue weighted by atomic mass is 10.1. The average molecular weight is 311 g/mol. The summed E-state index contributed by atoms with van der Waals surface area (Å²) in [5, 5.41) is 11.9. The molecule has 0 saturated carbocycles. The van der Waals surface area contributed by atoms with Gasteiger partial charge in [-0.3, -0.25) is 5.10 Å². The molecule has 0 aliphatic rings. The number of hydrogen-bond acceptors (Lipinski definition) is 4. The molecule has 20 heavy (non-hydrogen) atoms. The SMILES string of the molecule is Cc1nc(Sc2cccc(Cl)c2CNC(C)(C)C)n[nH]1. The summed E-state index contributed by atoms with van der Waals surface area (Å²) in [4.78, 5) is 5.40. The summed E-state index contributed by atoms with van der Waals surface area (Å²) in [6.45, 7) is 9.01. The van der Waals surface area contributed by atoms with Crippen LogP contribution in [0.2, 0.25) is 5.02 Å². The quantitative estimate of drug-likeness (QED) is 0.901. The highest BCUT2D eigenvalue weighted by Gasteiger charge is 2.14. The summed E-state index contributed by atoms with van der Waals surface area (Å²) in [7, 11) is 0. The molecule has 1 aromatic carbocycles. The molecule has 0 atom stereocenters. The molecule has 0 amide bonds. The van der Waals surface area contributed by atoms with Gasteiger partial charge in [0.1, 0.15) is 5.82 Å². The van der Waals surface area contributed by atoms with E-state index in [4.69, 9.17) is 11.6 Å². The van der Waals surface area contributed by atoms with Crippen molar-refractivity contribution in [1.29, 1.82) is 0 Å². The van der Waals surface area contributed by atoms with E-state index < -0.39 is 0 Å². The summed E-state index contributed by atoms with van der Waals surface area (Å²) in [5.41, 5.74) is 1.12. The predicted molar refractivity (Wildman–Crippen MR) is 83.3 cm³/mol. The number of aromatic nitrogens is 3. The second-order valence-electron chi connectivity index (χ2n) is 5.63. The van der Waals surface area contributed by atoms with E-state index in [0.717, 1.165) is 27.9 Å². The zero-order chi connectivity index (χ0) is 14.8. The van der Waals surface area contributed by atoms with Crippen molar-refractivity contribution in [2.75, 3.05) is 0 Å². The lowest BCUT2D eigenvalue weighted by Crippen LogP contribution is -2.35. The van der Waals surface area contributed by atoms with Crippen molar-refractivity contribution in [1.82, 2.24) is 20.5 Å². The third-order valence-corrected chi connectivity index (χ3v) is 3.97. The Morgan fingerprint density at radius 3 is 2.70 bits per heavy atom. The van der Waals surface area contributed by atoms with Crippen LogP contribution >= 0.6 is 23.4 Å². The average Bonchev–Trinajstić information content (AvgIpc) is 2.73. The van der Waals surface area contributed by atoms with Crippen molar-refractivity contribution in [2.45, 2.75) is 49.8 Å². The highest BCUT2D eigenvalue weighted by Crippen LogP contribution is 2.32. The third-order valence-electron chi connectivity index (χ3n) is 2.65. The summed E-state index contributed by atoms with van der Waals surface area (Å²) >= 11 is 7.85. The van der Waals surface area contributed by atoms with Gasteiger partial charge in [-0.15, -0.1) is 5.10 Å². The second-order valence-corrected chi connectivity index (χ2v) is 7.04. The van der Waals surface area contributed by atoms with Crippen LogP contribution in [0.1, 0.15) is 32.2 Å². The highest BCUT2D eigenvalue weighted by atomic mass is 35.5. The third kappa shape index (κ3) is 4.23. The Balaban J connectivity index is 2.21. The van der Waals surface area contributed by atoms with E-state index in [1.165, 1.54) is 11.8 Å². The van der Waals surface area contributed by atoms with Gasteiger partial charge in [0.25, 0.3) is 0 Å². The maximum atomic E-state index is 6.33. The van der Waals surface area contributed by atoms with Gasteiger partial charge in [0, 0.05) is 22.0 Å². The van der Waals surface area contributed by atoms with Gasteiger partial charge in [-0.1, -0.05) is 17.7 Å². The largest absolute Gasteiger partial charge is 0.308 e. The summed E-state index contributed by atoms with van der Waals surface area (Å²) in [5.74, 6) is 0.809. The second kappa shape index (κ2) is 6.16. The van der Waals surface area contributed by atoms with Crippen LogP contribution in [0, 0.1) is 6.92 Å². The van der Waals surface area contributed by atoms with E-state index in [1.807, 2.05) is 25.1 Å². The Labute approximate surface area is 128 Å². The predicted octanol–water partition coefficient (Wildman–Crippen LogP) is 3.81. The molecule has 1 aromatic heterocycles. The summed E-state index contributed by atoms with van der Waals surface area (Å²) in [6, 6.07) is 5.90. The minimum atomic E-state index is 0.0439. The van der Waals surface area contributed by atoms with Crippen molar-refractivity contribution in [3.8, 4) is 0 Å². The minimum Gasteiger partial charge on any atom is -0.308 e. The number of nitrogens with one attached hydrogen (secondary N) is 2. The van der Waals surface area contributed by atoms with Crippen LogP contribution in [0.3, 0.4) is 0 Å². The molecule has 2 aromatic rings. The molecule has 0 radical (unpaired) electrons. The van der Waals surface area contributed by atoms with Crippen molar-refractivity contribution < 1.29 is 0 Å². The van der Waals surface area contributed by atoms with Gasteiger partial charge >= 0.3 is 0 Å². The molecular weight excluding hydrogens is 292 g/mol. The molecule has 0 fully saturated rings. The van der Waals surface area contributed by atoms with Crippen molar-refractivity contribution in [3.63, 3.8) is 0 Å². The first-order chi connectivity index (χ1) is 9.35. The molecule has 0 bridgehead atoms. The van der Waals surface area contributed by atoms with Gasteiger partial charge in [0.2, 0.25) is 5.16 Å². The zero-order valence-corrected chi connectivity index (χ0v) is 13.7. The number of hydrogen-bond donors (Lipinski definition) is 2. The van der Waals surface area contributed by atoms with Crippen molar-refractivity contribution in [2.24, 2.45) is 0 Å². The molecule has 1 heterocycles. The highest BCUT2D eigenvalue weighted by molar-refractivity contribution is 7.99. The Bertz CT molecular complexity index is 589. The summed E-state index contributed by atoms with van der Waals surface area (Å²) < 4.78 is 0. The van der Waals surface area contributed by atoms with Gasteiger partial charge in [0.15, 0.2) is 0 Å². The fourth-order valence-electron chi connectivity index (χ4n) is 1.63. The standard InChI is InChI=1S/C14H19ClN4S/c1-9-17-13(19-18-9)20-12-7-5-6-11(15)10(12)8-16-14(2,3)4/h5-7,16H,8H2,1-4H3,(H,17,18,19). The number of rotatable bonds is 4. The molecule has 0 unspecified atom stereocenters. The molecule has 2 N–H and O–H groups in total. The molecule has 108 valence electrons. The first-order valence-corrected chi connectivity index (χ1v) is 7.64. The van der Waals surface area contributed by atoms with Crippen LogP contribution in [0.15, 0.2) is 28.3 Å². The van der Waals surface area contributed by atoms with Crippen molar-refractivity contribution in [3.05, 3.63) is 34.6 Å². The van der Waals surface area contributed by atoms with Gasteiger partial charge in [-0.25, -0.2) is 4.98 Å². The Kier molecular flexibility index (Phi) is 4.73. The number of halogens is 1. The number of aromatic amines is 1. The van der Waals surface area contributed by atoms with Crippen LogP contribution in [0.5, 0.6) is 0 Å². The molecule has 6 heteroatoms. The Morgan fingerprint density at radius 1 is 1.35 bits per heavy atom. The Hall–Kier alpha value is -1.04. The van der Waals surface area contributed by atoms with Gasteiger partial charge in [0.05, 0.1) is 0 Å². The molecule has 0 aliphatic heterocycles. The lowest BCUT2D eigenvalue weighted by Gasteiger charge is -2.22. The molecule has 0 spiro atoms. The maximum Gasteiger partial charge on any atom is 0.213 e. The van der Waals surface area contributed by atoms with E-state index >= 15 is 0 Å². The van der Waals surface area contributed by atoms with E-state index in [0.29, 0.717) is 5.16 Å². The topological polar surface area (TPSA) is 53.6 Å². The van der Waals surface area contributed by atoms with Crippen LogP contribution in [-0.4, -0.2) is 20.7 Å². The smallest absolute Gasteiger partial charge is 0.213 e. The lowest BCUT2D eigenvalue weighted by molar-refractivity contribution is 0.422. The number of H-pyrrole nitrogens is 1. The number of benzene rings is 1. The van der Waals surface area contributed by atoms with Crippen LogP contribution < -0.4 is 5.32 Å². The number of aryl methyl sites for hydroxylation is 1. The van der Waals surface area contributed by atoms with E-state index in [2.05, 4.69) is 41.3 Å². The minimum absolute atomic E-state index is 0.0439. The van der Waals surface area contributed by atoms with Gasteiger partial charge in [-0.05, 0) is 57.2 Å². The maximum absolute atomic E-state index is 6.33. The van der Waals surface area contributed by atoms with Crippen LogP contribution in [0.25, 0.3) is 0 Å². The zero-order valence-electron chi connectivity index (χ0n) is 12.1. The fraction of sp³-hybridized carbons (Fsp3) is 0.429. The van der Waals surface area contributed by atoms with Crippen LogP contribution in [0.4, 0.5) is 0 Å². The van der Waals surface area contributed by atoms with E-state index in [-0.39, 0.29) is 5.54 Å². The normalized spacial score (nSPS) is 11.8. The van der Waals surface area contributed by atoms with Gasteiger partial charge < -0.3 is 5.32 Å². The van der Waals surface area contributed by atoms with Crippen molar-refractivity contribution >= 4 is 23.4 Å². The Morgan fingerprint density at radius 2 is 2.10 bits per heavy atom. The molecule has 2 rings (SSSR count). The monoisotopic (exact) mass is 310 g/mol. The van der Waals surface area contributed by atoms with E-state index in [9.17, 15) is 0 Å². The van der Waals surface area contributed by atoms with Gasteiger partial charge in [-0.2, -0.15) is 0 Å². The molecular formula is C14H19ClN4S. The number of nitrogens with zero attached hydrogens (tertiary/aromatic N) is 2. The fourth-order valence-corrected chi connectivity index (χ4v) is 2.85. The molecule has 0 saturated heterocycles. The summed E-state index contributed by atoms with van der Waals surface area (Å²) in [6.07, 6.45) is 0. The molecule has 0 aliphatic carbocycles.